The second-order valence-electron chi connectivity index (χ2n) is 4.22. The first kappa shape index (κ1) is 16.4. The largest absolute Gasteiger partial charge is 0.348 e. The van der Waals surface area contributed by atoms with Crippen LogP contribution in [0.3, 0.4) is 0 Å². The Morgan fingerprint density at radius 3 is 2.79 bits per heavy atom. The topological polar surface area (TPSA) is 101 Å². The highest BCUT2D eigenvalue weighted by Crippen LogP contribution is 2.19. The van der Waals surface area contributed by atoms with E-state index in [4.69, 9.17) is 5.14 Å². The highest BCUT2D eigenvalue weighted by molar-refractivity contribution is 7.91. The van der Waals surface area contributed by atoms with Crippen molar-refractivity contribution in [3.8, 4) is 0 Å². The smallest absolute Gasteiger partial charge is 0.252 e. The van der Waals surface area contributed by atoms with Gasteiger partial charge >= 0.3 is 0 Å². The molecular weight excluding hydrogens is 310 g/mol. The molecule has 0 bridgehead atoms. The van der Waals surface area contributed by atoms with E-state index in [1.54, 1.807) is 0 Å². The summed E-state index contributed by atoms with van der Waals surface area (Å²) in [6, 6.07) is 1.41. The molecule has 0 radical (unpaired) electrons. The van der Waals surface area contributed by atoms with Gasteiger partial charge in [-0.25, -0.2) is 13.6 Å². The molecule has 6 nitrogen and oxygen atoms in total. The number of thiophene rings is 1. The molecular formula is C10H16ClN3O3S2. The maximum atomic E-state index is 11.9. The highest BCUT2D eigenvalue weighted by atomic mass is 35.5. The molecule has 1 aromatic rings. The van der Waals surface area contributed by atoms with E-state index in [2.05, 4.69) is 10.6 Å². The summed E-state index contributed by atoms with van der Waals surface area (Å²) in [5, 5.41) is 12.6. The normalized spacial score (nSPS) is 19.5. The second kappa shape index (κ2) is 6.67. The van der Waals surface area contributed by atoms with Crippen LogP contribution in [0.1, 0.15) is 23.2 Å². The van der Waals surface area contributed by atoms with Gasteiger partial charge in [-0.3, -0.25) is 4.79 Å². The molecule has 19 heavy (non-hydrogen) atoms. The molecule has 0 aromatic carbocycles. The fourth-order valence-corrected chi connectivity index (χ4v) is 3.41. The number of hydrogen-bond acceptors (Lipinski definition) is 5. The van der Waals surface area contributed by atoms with Crippen LogP contribution in [0.2, 0.25) is 0 Å². The van der Waals surface area contributed by atoms with Gasteiger partial charge in [-0.1, -0.05) is 0 Å². The van der Waals surface area contributed by atoms with Crippen molar-refractivity contribution in [2.24, 2.45) is 5.14 Å². The van der Waals surface area contributed by atoms with E-state index >= 15 is 0 Å². The second-order valence-corrected chi connectivity index (χ2v) is 6.92. The molecule has 2 rings (SSSR count). The molecule has 108 valence electrons. The molecule has 0 spiro atoms. The predicted molar refractivity (Wildman–Crippen MR) is 76.3 cm³/mol. The minimum atomic E-state index is -3.72. The van der Waals surface area contributed by atoms with Crippen molar-refractivity contribution in [3.05, 3.63) is 17.0 Å². The lowest BCUT2D eigenvalue weighted by atomic mass is 10.1. The number of hydrogen-bond donors (Lipinski definition) is 3. The number of amides is 1. The molecule has 1 fully saturated rings. The summed E-state index contributed by atoms with van der Waals surface area (Å²) in [6.07, 6.45) is 1.96. The van der Waals surface area contributed by atoms with Gasteiger partial charge in [-0.2, -0.15) is 0 Å². The number of sulfonamides is 1. The summed E-state index contributed by atoms with van der Waals surface area (Å²) in [7, 11) is -3.72. The molecule has 1 aliphatic rings. The lowest BCUT2D eigenvalue weighted by molar-refractivity contribution is 0.0931. The van der Waals surface area contributed by atoms with Crippen LogP contribution in [0.25, 0.3) is 0 Å². The number of carbonyl (C=O) groups excluding carboxylic acids is 1. The predicted octanol–water partition coefficient (Wildman–Crippen LogP) is 0.299. The number of halogens is 1. The summed E-state index contributed by atoms with van der Waals surface area (Å²) >= 11 is 0.957. The van der Waals surface area contributed by atoms with Crippen LogP contribution in [0.5, 0.6) is 0 Å². The summed E-state index contributed by atoms with van der Waals surface area (Å²) in [6.45, 7) is 1.72. The Hall–Kier alpha value is -0.670. The van der Waals surface area contributed by atoms with Gasteiger partial charge in [0.1, 0.15) is 4.21 Å². The van der Waals surface area contributed by atoms with Crippen LogP contribution in [-0.4, -0.2) is 33.5 Å². The van der Waals surface area contributed by atoms with E-state index in [-0.39, 0.29) is 28.6 Å². The highest BCUT2D eigenvalue weighted by Gasteiger charge is 2.19. The Balaban J connectivity index is 0.00000180. The average molecular weight is 326 g/mol. The SMILES string of the molecule is Cl.NS(=O)(=O)c1cc(C(=O)N[C@H]2CCCNC2)cs1. The molecule has 0 aliphatic carbocycles. The number of piperidine rings is 1. The van der Waals surface area contributed by atoms with E-state index in [1.807, 2.05) is 0 Å². The minimum Gasteiger partial charge on any atom is -0.348 e. The number of nitrogens with one attached hydrogen (secondary N) is 2. The quantitative estimate of drug-likeness (QED) is 0.744. The lowest BCUT2D eigenvalue weighted by Crippen LogP contribution is -2.45. The van der Waals surface area contributed by atoms with Gasteiger partial charge in [0.05, 0.1) is 5.56 Å². The molecule has 0 saturated carbocycles. The Morgan fingerprint density at radius 2 is 2.26 bits per heavy atom. The third-order valence-corrected chi connectivity index (χ3v) is 5.14. The van der Waals surface area contributed by atoms with Crippen molar-refractivity contribution < 1.29 is 13.2 Å². The van der Waals surface area contributed by atoms with Gasteiger partial charge in [0.25, 0.3) is 5.91 Å². The van der Waals surface area contributed by atoms with Gasteiger partial charge in [0.2, 0.25) is 10.0 Å². The Bertz CT molecular complexity index is 538. The zero-order valence-corrected chi connectivity index (χ0v) is 12.5. The molecule has 9 heteroatoms. The molecule has 1 aromatic heterocycles. The molecule has 2 heterocycles. The van der Waals surface area contributed by atoms with Crippen molar-refractivity contribution >= 4 is 39.7 Å². The number of nitrogens with two attached hydrogens (primary N) is 1. The first-order valence-electron chi connectivity index (χ1n) is 5.60. The molecule has 1 atom stereocenters. The van der Waals surface area contributed by atoms with Crippen molar-refractivity contribution in [1.82, 2.24) is 10.6 Å². The Morgan fingerprint density at radius 1 is 1.53 bits per heavy atom. The third kappa shape index (κ3) is 4.43. The average Bonchev–Trinajstić information content (AvgIpc) is 2.79. The van der Waals surface area contributed by atoms with Crippen molar-refractivity contribution in [3.63, 3.8) is 0 Å². The summed E-state index contributed by atoms with van der Waals surface area (Å²) < 4.78 is 22.2. The van der Waals surface area contributed by atoms with Gasteiger partial charge in [0.15, 0.2) is 0 Å². The van der Waals surface area contributed by atoms with Crippen LogP contribution in [-0.2, 0) is 10.0 Å². The lowest BCUT2D eigenvalue weighted by Gasteiger charge is -2.23. The van der Waals surface area contributed by atoms with Gasteiger partial charge in [-0.05, 0) is 25.5 Å². The zero-order valence-electron chi connectivity index (χ0n) is 10.1. The number of carbonyl (C=O) groups is 1. The van der Waals surface area contributed by atoms with E-state index < -0.39 is 10.0 Å². The van der Waals surface area contributed by atoms with Crippen LogP contribution >= 0.6 is 23.7 Å². The van der Waals surface area contributed by atoms with Crippen LogP contribution in [0.4, 0.5) is 0 Å². The monoisotopic (exact) mass is 325 g/mol. The van der Waals surface area contributed by atoms with Crippen LogP contribution in [0, 0.1) is 0 Å². The van der Waals surface area contributed by atoms with Crippen LogP contribution in [0.15, 0.2) is 15.7 Å². The van der Waals surface area contributed by atoms with E-state index in [0.29, 0.717) is 5.56 Å². The number of rotatable bonds is 3. The zero-order chi connectivity index (χ0) is 13.2. The Labute approximate surface area is 122 Å². The molecule has 4 N–H and O–H groups in total. The first-order chi connectivity index (χ1) is 8.47. The molecule has 1 amide bonds. The molecule has 0 unspecified atom stereocenters. The van der Waals surface area contributed by atoms with Gasteiger partial charge in [0, 0.05) is 18.0 Å². The van der Waals surface area contributed by atoms with Crippen molar-refractivity contribution in [1.29, 1.82) is 0 Å². The first-order valence-corrected chi connectivity index (χ1v) is 8.02. The molecule has 1 aliphatic heterocycles. The Kier molecular flexibility index (Phi) is 5.75. The van der Waals surface area contributed by atoms with E-state index in [1.165, 1.54) is 11.4 Å². The standard InChI is InChI=1S/C10H15N3O3S2.ClH/c11-18(15,16)9-4-7(6-17-9)10(14)13-8-2-1-3-12-5-8;/h4,6,8,12H,1-3,5H2,(H,13,14)(H2,11,15,16);1H/t8-;/m0./s1. The number of primary sulfonamides is 1. The van der Waals surface area contributed by atoms with Crippen LogP contribution < -0.4 is 15.8 Å². The maximum Gasteiger partial charge on any atom is 0.252 e. The summed E-state index contributed by atoms with van der Waals surface area (Å²) in [5.74, 6) is -0.255. The summed E-state index contributed by atoms with van der Waals surface area (Å²) in [4.78, 5) is 11.9. The van der Waals surface area contributed by atoms with Gasteiger partial charge < -0.3 is 10.6 Å². The fourth-order valence-electron chi connectivity index (χ4n) is 1.83. The van der Waals surface area contributed by atoms with Crippen molar-refractivity contribution in [2.75, 3.05) is 13.1 Å². The van der Waals surface area contributed by atoms with E-state index in [0.717, 1.165) is 37.3 Å². The maximum absolute atomic E-state index is 11.9. The molecule has 1 saturated heterocycles. The summed E-state index contributed by atoms with van der Waals surface area (Å²) in [5.41, 5.74) is 0.342. The van der Waals surface area contributed by atoms with E-state index in [9.17, 15) is 13.2 Å². The third-order valence-electron chi connectivity index (χ3n) is 2.75. The van der Waals surface area contributed by atoms with Crippen molar-refractivity contribution in [2.45, 2.75) is 23.1 Å². The van der Waals surface area contributed by atoms with Gasteiger partial charge in [-0.15, -0.1) is 23.7 Å². The fraction of sp³-hybridized carbons (Fsp3) is 0.500. The minimum absolute atomic E-state index is 0.